The molecule has 0 saturated heterocycles. The van der Waals surface area contributed by atoms with Crippen molar-refractivity contribution in [2.24, 2.45) is 0 Å². The van der Waals surface area contributed by atoms with Crippen molar-refractivity contribution in [2.45, 2.75) is 13.0 Å². The number of amides is 2. The molecule has 2 aromatic carbocycles. The molecule has 0 spiro atoms. The first-order valence-corrected chi connectivity index (χ1v) is 8.97. The minimum atomic E-state index is -1.31. The highest BCUT2D eigenvalue weighted by Crippen LogP contribution is 2.27. The van der Waals surface area contributed by atoms with E-state index in [-0.39, 0.29) is 23.8 Å². The van der Waals surface area contributed by atoms with Crippen LogP contribution in [0, 0.1) is 23.3 Å². The normalized spacial score (nSPS) is 13.2. The Hall–Kier alpha value is -3.56. The summed E-state index contributed by atoms with van der Waals surface area (Å²) >= 11 is 0. The summed E-state index contributed by atoms with van der Waals surface area (Å²) in [4.78, 5) is 14.0. The largest absolute Gasteiger partial charge is 0.494 e. The number of anilines is 1. The number of carbonyl (C=O) groups excluding carboxylic acids is 1. The molecule has 4 rings (SSSR count). The standard InChI is InChI=1S/C20H16F4N4O2/c1-30-18-7-11-2-4-27(10-12(11)6-16(18)24)20(29)25-19-3-5-28(26-19)17-9-14(22)13(21)8-15(17)23/h3,5-9H,2,4,10H2,1H3,(H,25,26,29). The first-order valence-electron chi connectivity index (χ1n) is 8.97. The molecule has 2 heterocycles. The van der Waals surface area contributed by atoms with Crippen LogP contribution >= 0.6 is 0 Å². The van der Waals surface area contributed by atoms with E-state index in [1.807, 2.05) is 0 Å². The number of ether oxygens (including phenoxy) is 1. The summed E-state index contributed by atoms with van der Waals surface area (Å²) in [7, 11) is 1.39. The number of hydrogen-bond donors (Lipinski definition) is 1. The number of hydrogen-bond acceptors (Lipinski definition) is 3. The van der Waals surface area contributed by atoms with Gasteiger partial charge in [0.15, 0.2) is 34.8 Å². The second-order valence-electron chi connectivity index (χ2n) is 6.72. The molecule has 0 bridgehead atoms. The number of carbonyl (C=O) groups is 1. The van der Waals surface area contributed by atoms with E-state index < -0.39 is 29.3 Å². The highest BCUT2D eigenvalue weighted by atomic mass is 19.2. The fourth-order valence-corrected chi connectivity index (χ4v) is 3.29. The zero-order valence-corrected chi connectivity index (χ0v) is 15.8. The smallest absolute Gasteiger partial charge is 0.323 e. The Bertz CT molecular complexity index is 1130. The average Bonchev–Trinajstić information content (AvgIpc) is 3.17. The van der Waals surface area contributed by atoms with Gasteiger partial charge in [0, 0.05) is 37.5 Å². The molecule has 2 amide bonds. The molecule has 156 valence electrons. The third-order valence-electron chi connectivity index (χ3n) is 4.83. The van der Waals surface area contributed by atoms with E-state index in [0.29, 0.717) is 30.7 Å². The van der Waals surface area contributed by atoms with E-state index in [0.717, 1.165) is 10.2 Å². The molecule has 10 heteroatoms. The van der Waals surface area contributed by atoms with Gasteiger partial charge in [0.2, 0.25) is 0 Å². The minimum absolute atomic E-state index is 0.0934. The lowest BCUT2D eigenvalue weighted by atomic mass is 9.99. The molecule has 0 fully saturated rings. The summed E-state index contributed by atoms with van der Waals surface area (Å²) in [6.07, 6.45) is 1.83. The van der Waals surface area contributed by atoms with Crippen molar-refractivity contribution >= 4 is 11.8 Å². The summed E-state index contributed by atoms with van der Waals surface area (Å²) in [5, 5.41) is 6.54. The topological polar surface area (TPSA) is 59.4 Å². The fourth-order valence-electron chi connectivity index (χ4n) is 3.29. The molecule has 0 atom stereocenters. The predicted molar refractivity (Wildman–Crippen MR) is 99.5 cm³/mol. The molecule has 1 aliphatic rings. The SMILES string of the molecule is COc1cc2c(cc1F)CN(C(=O)Nc1ccn(-c3cc(F)c(F)cc3F)n1)CC2. The molecule has 0 radical (unpaired) electrons. The fraction of sp³-hybridized carbons (Fsp3) is 0.200. The average molecular weight is 420 g/mol. The minimum Gasteiger partial charge on any atom is -0.494 e. The van der Waals surface area contributed by atoms with Gasteiger partial charge in [-0.1, -0.05) is 0 Å². The molecular weight excluding hydrogens is 404 g/mol. The highest BCUT2D eigenvalue weighted by Gasteiger charge is 2.23. The summed E-state index contributed by atoms with van der Waals surface area (Å²) in [6, 6.07) is 4.97. The third-order valence-corrected chi connectivity index (χ3v) is 4.83. The van der Waals surface area contributed by atoms with Crippen LogP contribution in [-0.2, 0) is 13.0 Å². The van der Waals surface area contributed by atoms with Gasteiger partial charge in [-0.25, -0.2) is 27.0 Å². The number of nitrogens with one attached hydrogen (secondary N) is 1. The molecule has 30 heavy (non-hydrogen) atoms. The number of rotatable bonds is 3. The van der Waals surface area contributed by atoms with Crippen LogP contribution < -0.4 is 10.1 Å². The quantitative estimate of drug-likeness (QED) is 0.514. The molecule has 1 aliphatic heterocycles. The number of aromatic nitrogens is 2. The van der Waals surface area contributed by atoms with Crippen LogP contribution in [0.3, 0.4) is 0 Å². The van der Waals surface area contributed by atoms with Gasteiger partial charge in [0.1, 0.15) is 5.69 Å². The van der Waals surface area contributed by atoms with Gasteiger partial charge in [0.05, 0.1) is 7.11 Å². The van der Waals surface area contributed by atoms with Gasteiger partial charge in [-0.05, 0) is 29.7 Å². The maximum atomic E-state index is 14.0. The Morgan fingerprint density at radius 1 is 1.03 bits per heavy atom. The van der Waals surface area contributed by atoms with Crippen molar-refractivity contribution in [1.29, 1.82) is 0 Å². The molecule has 3 aromatic rings. The van der Waals surface area contributed by atoms with Crippen LogP contribution in [0.25, 0.3) is 5.69 Å². The van der Waals surface area contributed by atoms with Crippen molar-refractivity contribution in [3.63, 3.8) is 0 Å². The van der Waals surface area contributed by atoms with E-state index >= 15 is 0 Å². The maximum absolute atomic E-state index is 14.0. The number of methoxy groups -OCH3 is 1. The van der Waals surface area contributed by atoms with Crippen molar-refractivity contribution in [3.05, 3.63) is 70.9 Å². The predicted octanol–water partition coefficient (Wildman–Crippen LogP) is 4.03. The van der Waals surface area contributed by atoms with Gasteiger partial charge in [-0.15, -0.1) is 5.10 Å². The van der Waals surface area contributed by atoms with Gasteiger partial charge in [-0.2, -0.15) is 0 Å². The van der Waals surface area contributed by atoms with Crippen LogP contribution in [0.1, 0.15) is 11.1 Å². The summed E-state index contributed by atoms with van der Waals surface area (Å²) in [5.74, 6) is -3.79. The van der Waals surface area contributed by atoms with Crippen LogP contribution in [0.5, 0.6) is 5.75 Å². The molecule has 6 nitrogen and oxygen atoms in total. The van der Waals surface area contributed by atoms with Gasteiger partial charge < -0.3 is 9.64 Å². The zero-order chi connectivity index (χ0) is 21.4. The monoisotopic (exact) mass is 420 g/mol. The Morgan fingerprint density at radius 3 is 2.57 bits per heavy atom. The summed E-state index contributed by atoms with van der Waals surface area (Å²) in [6.45, 7) is 0.590. The van der Waals surface area contributed by atoms with Gasteiger partial charge in [-0.3, -0.25) is 5.32 Å². The molecule has 0 unspecified atom stereocenters. The van der Waals surface area contributed by atoms with Crippen LogP contribution in [0.15, 0.2) is 36.5 Å². The van der Waals surface area contributed by atoms with Crippen molar-refractivity contribution in [3.8, 4) is 11.4 Å². The summed E-state index contributed by atoms with van der Waals surface area (Å²) < 4.78 is 60.3. The second kappa shape index (κ2) is 7.69. The summed E-state index contributed by atoms with van der Waals surface area (Å²) in [5.41, 5.74) is 1.27. The second-order valence-corrected chi connectivity index (χ2v) is 6.72. The lowest BCUT2D eigenvalue weighted by Crippen LogP contribution is -2.39. The lowest BCUT2D eigenvalue weighted by Gasteiger charge is -2.29. The number of benzene rings is 2. The van der Waals surface area contributed by atoms with E-state index in [1.54, 1.807) is 6.07 Å². The van der Waals surface area contributed by atoms with Gasteiger partial charge in [0.25, 0.3) is 0 Å². The molecule has 0 aliphatic carbocycles. The first-order chi connectivity index (χ1) is 14.4. The lowest BCUT2D eigenvalue weighted by molar-refractivity contribution is 0.206. The Balaban J connectivity index is 1.48. The third kappa shape index (κ3) is 3.68. The maximum Gasteiger partial charge on any atom is 0.323 e. The molecule has 1 aromatic heterocycles. The van der Waals surface area contributed by atoms with Crippen molar-refractivity contribution in [1.82, 2.24) is 14.7 Å². The van der Waals surface area contributed by atoms with Crippen molar-refractivity contribution < 1.29 is 27.1 Å². The number of nitrogens with zero attached hydrogens (tertiary/aromatic N) is 3. The Labute approximate surface area is 168 Å². The molecule has 0 saturated carbocycles. The van der Waals surface area contributed by atoms with Gasteiger partial charge >= 0.3 is 6.03 Å². The Kier molecular flexibility index (Phi) is 5.06. The first kappa shape index (κ1) is 19.7. The molecule has 1 N–H and O–H groups in total. The van der Waals surface area contributed by atoms with E-state index in [2.05, 4.69) is 10.4 Å². The molecular formula is C20H16F4N4O2. The number of fused-ring (bicyclic) bond motifs is 1. The van der Waals surface area contributed by atoms with Crippen molar-refractivity contribution in [2.75, 3.05) is 19.0 Å². The van der Waals surface area contributed by atoms with E-state index in [9.17, 15) is 22.4 Å². The number of halogens is 4. The highest BCUT2D eigenvalue weighted by molar-refractivity contribution is 5.88. The van der Waals surface area contributed by atoms with Crippen LogP contribution in [-0.4, -0.2) is 34.4 Å². The van der Waals surface area contributed by atoms with Crippen LogP contribution in [0.2, 0.25) is 0 Å². The zero-order valence-electron chi connectivity index (χ0n) is 15.8. The number of urea groups is 1. The van der Waals surface area contributed by atoms with Crippen LogP contribution in [0.4, 0.5) is 28.2 Å². The van der Waals surface area contributed by atoms with E-state index in [4.69, 9.17) is 4.74 Å². The van der Waals surface area contributed by atoms with E-state index in [1.165, 1.54) is 30.3 Å². The Morgan fingerprint density at radius 2 is 1.80 bits per heavy atom.